The van der Waals surface area contributed by atoms with E-state index < -0.39 is 5.97 Å². The first kappa shape index (κ1) is 14.8. The van der Waals surface area contributed by atoms with Gasteiger partial charge in [0.2, 0.25) is 5.91 Å². The predicted molar refractivity (Wildman–Crippen MR) is 78.0 cm³/mol. The van der Waals surface area contributed by atoms with Gasteiger partial charge in [-0.05, 0) is 24.1 Å². The van der Waals surface area contributed by atoms with Crippen molar-refractivity contribution in [2.24, 2.45) is 7.05 Å². The molecule has 2 aromatic rings. The summed E-state index contributed by atoms with van der Waals surface area (Å²) in [6.07, 6.45) is 4.33. The van der Waals surface area contributed by atoms with E-state index in [0.717, 1.165) is 5.56 Å². The van der Waals surface area contributed by atoms with Crippen molar-refractivity contribution < 1.29 is 14.7 Å². The Morgan fingerprint density at radius 3 is 2.57 bits per heavy atom. The lowest BCUT2D eigenvalue weighted by Crippen LogP contribution is -2.35. The molecule has 0 saturated heterocycles. The Hall–Kier alpha value is -2.63. The third-order valence-electron chi connectivity index (χ3n) is 3.05. The number of para-hydroxylation sites is 1. The monoisotopic (exact) mass is 287 g/mol. The highest BCUT2D eigenvalue weighted by molar-refractivity contribution is 5.97. The number of aliphatic carboxylic acids is 1. The number of carboxylic acids is 1. The van der Waals surface area contributed by atoms with Gasteiger partial charge in [-0.3, -0.25) is 14.3 Å². The summed E-state index contributed by atoms with van der Waals surface area (Å²) in [5, 5.41) is 13.0. The summed E-state index contributed by atoms with van der Waals surface area (Å²) in [6.45, 7) is -0.337. The van der Waals surface area contributed by atoms with Crippen LogP contribution in [0.5, 0.6) is 0 Å². The fraction of sp³-hybridized carbons (Fsp3) is 0.267. The quantitative estimate of drug-likeness (QED) is 0.873. The minimum atomic E-state index is -1.03. The predicted octanol–water partition coefficient (Wildman–Crippen LogP) is 1.47. The van der Waals surface area contributed by atoms with Crippen LogP contribution < -0.4 is 4.90 Å². The first-order valence-electron chi connectivity index (χ1n) is 6.61. The van der Waals surface area contributed by atoms with Gasteiger partial charge in [0.25, 0.3) is 0 Å². The van der Waals surface area contributed by atoms with Crippen molar-refractivity contribution >= 4 is 17.6 Å². The van der Waals surface area contributed by atoms with Gasteiger partial charge < -0.3 is 10.0 Å². The fourth-order valence-electron chi connectivity index (χ4n) is 2.05. The maximum atomic E-state index is 12.3. The Labute approximate surface area is 122 Å². The highest BCUT2D eigenvalue weighted by atomic mass is 16.4. The van der Waals surface area contributed by atoms with Crippen molar-refractivity contribution in [3.05, 3.63) is 48.3 Å². The van der Waals surface area contributed by atoms with Gasteiger partial charge in [-0.2, -0.15) is 5.10 Å². The Kier molecular flexibility index (Phi) is 4.71. The molecule has 0 atom stereocenters. The van der Waals surface area contributed by atoms with Crippen molar-refractivity contribution in [2.45, 2.75) is 12.8 Å². The topological polar surface area (TPSA) is 75.4 Å². The zero-order chi connectivity index (χ0) is 15.2. The molecule has 0 aliphatic carbocycles. The number of nitrogens with zero attached hydrogens (tertiary/aromatic N) is 3. The molecule has 6 heteroatoms. The first-order valence-corrected chi connectivity index (χ1v) is 6.61. The number of carbonyl (C=O) groups excluding carboxylic acids is 1. The summed E-state index contributed by atoms with van der Waals surface area (Å²) in [6, 6.07) is 8.83. The van der Waals surface area contributed by atoms with Crippen LogP contribution in [0.25, 0.3) is 0 Å². The molecule has 1 aromatic heterocycles. The van der Waals surface area contributed by atoms with Crippen LogP contribution in [0.2, 0.25) is 0 Å². The van der Waals surface area contributed by atoms with Gasteiger partial charge in [0, 0.05) is 25.4 Å². The molecule has 1 N–H and O–H groups in total. The average Bonchev–Trinajstić information content (AvgIpc) is 2.88. The van der Waals surface area contributed by atoms with Crippen LogP contribution in [0.4, 0.5) is 5.69 Å². The van der Waals surface area contributed by atoms with Gasteiger partial charge in [-0.25, -0.2) is 0 Å². The number of carboxylic acid groups (broad SMARTS) is 1. The van der Waals surface area contributed by atoms with E-state index in [2.05, 4.69) is 5.10 Å². The van der Waals surface area contributed by atoms with E-state index in [1.54, 1.807) is 35.1 Å². The highest BCUT2D eigenvalue weighted by Gasteiger charge is 2.18. The van der Waals surface area contributed by atoms with Crippen molar-refractivity contribution in [2.75, 3.05) is 11.4 Å². The number of amides is 1. The summed E-state index contributed by atoms with van der Waals surface area (Å²) in [4.78, 5) is 24.5. The molecule has 0 aliphatic heterocycles. The van der Waals surface area contributed by atoms with E-state index in [-0.39, 0.29) is 18.9 Å². The molecule has 1 heterocycles. The molecule has 110 valence electrons. The van der Waals surface area contributed by atoms with Crippen molar-refractivity contribution in [1.29, 1.82) is 0 Å². The largest absolute Gasteiger partial charge is 0.480 e. The third-order valence-corrected chi connectivity index (χ3v) is 3.05. The summed E-state index contributed by atoms with van der Waals surface area (Å²) in [5.41, 5.74) is 1.55. The minimum Gasteiger partial charge on any atom is -0.480 e. The van der Waals surface area contributed by atoms with E-state index >= 15 is 0 Å². The number of anilines is 1. The van der Waals surface area contributed by atoms with E-state index in [4.69, 9.17) is 5.11 Å². The molecule has 1 aromatic carbocycles. The SMILES string of the molecule is Cn1cc(CCC(=O)N(CC(=O)O)c2ccccc2)cn1. The van der Waals surface area contributed by atoms with Gasteiger partial charge in [-0.15, -0.1) is 0 Å². The van der Waals surface area contributed by atoms with Crippen molar-refractivity contribution in [3.8, 4) is 0 Å². The highest BCUT2D eigenvalue weighted by Crippen LogP contribution is 2.15. The van der Waals surface area contributed by atoms with Crippen LogP contribution in [0, 0.1) is 0 Å². The summed E-state index contributed by atoms with van der Waals surface area (Å²) < 4.78 is 1.67. The van der Waals surface area contributed by atoms with E-state index in [0.29, 0.717) is 12.1 Å². The molecule has 0 unspecified atom stereocenters. The van der Waals surface area contributed by atoms with Crippen LogP contribution >= 0.6 is 0 Å². The summed E-state index contributed by atoms with van der Waals surface area (Å²) in [5.74, 6) is -1.25. The minimum absolute atomic E-state index is 0.215. The van der Waals surface area contributed by atoms with Crippen molar-refractivity contribution in [3.63, 3.8) is 0 Å². The van der Waals surface area contributed by atoms with Gasteiger partial charge in [0.15, 0.2) is 0 Å². The van der Waals surface area contributed by atoms with Crippen LogP contribution in [0.1, 0.15) is 12.0 Å². The molecular weight excluding hydrogens is 270 g/mol. The second-order valence-corrected chi connectivity index (χ2v) is 4.73. The molecule has 0 fully saturated rings. The summed E-state index contributed by atoms with van der Waals surface area (Å²) in [7, 11) is 1.81. The Morgan fingerprint density at radius 1 is 1.29 bits per heavy atom. The normalized spacial score (nSPS) is 10.3. The van der Waals surface area contributed by atoms with Crippen LogP contribution in [-0.4, -0.2) is 33.3 Å². The van der Waals surface area contributed by atoms with E-state index in [9.17, 15) is 9.59 Å². The fourth-order valence-corrected chi connectivity index (χ4v) is 2.05. The van der Waals surface area contributed by atoms with Gasteiger partial charge in [0.1, 0.15) is 6.54 Å². The molecule has 21 heavy (non-hydrogen) atoms. The lowest BCUT2D eigenvalue weighted by atomic mass is 10.1. The first-order chi connectivity index (χ1) is 10.1. The number of hydrogen-bond donors (Lipinski definition) is 1. The van der Waals surface area contributed by atoms with Crippen LogP contribution in [-0.2, 0) is 23.1 Å². The Morgan fingerprint density at radius 2 is 2.00 bits per heavy atom. The molecule has 0 radical (unpaired) electrons. The number of rotatable bonds is 6. The van der Waals surface area contributed by atoms with Gasteiger partial charge in [0.05, 0.1) is 6.20 Å². The molecular formula is C15H17N3O3. The number of benzene rings is 1. The molecule has 1 amide bonds. The molecule has 0 aliphatic rings. The molecule has 0 bridgehead atoms. The summed E-state index contributed by atoms with van der Waals surface area (Å²) >= 11 is 0. The smallest absolute Gasteiger partial charge is 0.323 e. The Balaban J connectivity index is 2.05. The lowest BCUT2D eigenvalue weighted by Gasteiger charge is -2.20. The number of aryl methyl sites for hydroxylation is 2. The van der Waals surface area contributed by atoms with Crippen LogP contribution in [0.15, 0.2) is 42.7 Å². The van der Waals surface area contributed by atoms with Crippen molar-refractivity contribution in [1.82, 2.24) is 9.78 Å². The molecule has 6 nitrogen and oxygen atoms in total. The standard InChI is InChI=1S/C15H17N3O3/c1-17-10-12(9-16-17)7-8-14(19)18(11-15(20)21)13-5-3-2-4-6-13/h2-6,9-10H,7-8,11H2,1H3,(H,20,21). The van der Waals surface area contributed by atoms with Gasteiger partial charge >= 0.3 is 5.97 Å². The van der Waals surface area contributed by atoms with E-state index in [1.165, 1.54) is 4.90 Å². The maximum Gasteiger partial charge on any atom is 0.323 e. The second kappa shape index (κ2) is 6.69. The lowest BCUT2D eigenvalue weighted by molar-refractivity contribution is -0.136. The second-order valence-electron chi connectivity index (χ2n) is 4.73. The zero-order valence-electron chi connectivity index (χ0n) is 11.8. The molecule has 2 rings (SSSR count). The van der Waals surface area contributed by atoms with Gasteiger partial charge in [-0.1, -0.05) is 18.2 Å². The van der Waals surface area contributed by atoms with E-state index in [1.807, 2.05) is 19.3 Å². The molecule has 0 saturated carbocycles. The Bertz CT molecular complexity index is 622. The number of aromatic nitrogens is 2. The average molecular weight is 287 g/mol. The number of carbonyl (C=O) groups is 2. The maximum absolute atomic E-state index is 12.3. The zero-order valence-corrected chi connectivity index (χ0v) is 11.8. The third kappa shape index (κ3) is 4.17. The molecule has 0 spiro atoms. The van der Waals surface area contributed by atoms with Crippen LogP contribution in [0.3, 0.4) is 0 Å². The number of hydrogen-bond acceptors (Lipinski definition) is 3.